The third kappa shape index (κ3) is 2.88. The number of aromatic nitrogens is 2. The lowest BCUT2D eigenvalue weighted by molar-refractivity contribution is 0.00578. The van der Waals surface area contributed by atoms with Crippen molar-refractivity contribution < 1.29 is 18.8 Å². The Bertz CT molecular complexity index is 798. The largest absolute Gasteiger partial charge is 0.495 e. The van der Waals surface area contributed by atoms with Gasteiger partial charge in [0.1, 0.15) is 17.4 Å². The van der Waals surface area contributed by atoms with Crippen LogP contribution in [0.3, 0.4) is 0 Å². The quantitative estimate of drug-likeness (QED) is 0.866. The fourth-order valence-electron chi connectivity index (χ4n) is 3.14. The van der Waals surface area contributed by atoms with E-state index in [9.17, 15) is 9.50 Å². The highest BCUT2D eigenvalue weighted by Gasteiger charge is 2.52. The molecule has 136 valence electrons. The molecule has 1 saturated heterocycles. The van der Waals surface area contributed by atoms with E-state index in [1.54, 1.807) is 6.92 Å². The van der Waals surface area contributed by atoms with Crippen molar-refractivity contribution in [3.8, 4) is 0 Å². The van der Waals surface area contributed by atoms with Crippen molar-refractivity contribution >= 4 is 23.6 Å². The van der Waals surface area contributed by atoms with E-state index in [0.29, 0.717) is 16.8 Å². The van der Waals surface area contributed by atoms with E-state index in [4.69, 9.17) is 9.31 Å². The highest BCUT2D eigenvalue weighted by molar-refractivity contribution is 6.62. The van der Waals surface area contributed by atoms with Crippen LogP contribution in [0.4, 0.5) is 4.39 Å². The average molecular weight is 348 g/mol. The SMILES string of the molecule is CC(C)n1c([C@@H](C)O)nc2c(F)cc(B3OC(C)(C)C(C)(C)O3)cc21. The minimum atomic E-state index is -0.783. The summed E-state index contributed by atoms with van der Waals surface area (Å²) in [6, 6.07) is 3.29. The van der Waals surface area contributed by atoms with Crippen LogP contribution in [0.5, 0.6) is 0 Å². The highest BCUT2D eigenvalue weighted by Crippen LogP contribution is 2.37. The monoisotopic (exact) mass is 348 g/mol. The summed E-state index contributed by atoms with van der Waals surface area (Å²) in [6.45, 7) is 13.4. The zero-order valence-electron chi connectivity index (χ0n) is 15.9. The third-order valence-electron chi connectivity index (χ3n) is 5.21. The Morgan fingerprint density at radius 2 is 1.68 bits per heavy atom. The van der Waals surface area contributed by atoms with Crippen molar-refractivity contribution in [3.63, 3.8) is 0 Å². The van der Waals surface area contributed by atoms with E-state index in [1.807, 2.05) is 52.2 Å². The molecule has 0 saturated carbocycles. The smallest absolute Gasteiger partial charge is 0.399 e. The van der Waals surface area contributed by atoms with Crippen molar-refractivity contribution in [2.75, 3.05) is 0 Å². The zero-order chi connectivity index (χ0) is 18.7. The third-order valence-corrected chi connectivity index (χ3v) is 5.21. The molecule has 5 nitrogen and oxygen atoms in total. The molecule has 1 atom stereocenters. The van der Waals surface area contributed by atoms with Crippen molar-refractivity contribution in [1.29, 1.82) is 0 Å². The number of hydrogen-bond donors (Lipinski definition) is 1. The average Bonchev–Trinajstić information content (AvgIpc) is 2.95. The number of rotatable bonds is 3. The van der Waals surface area contributed by atoms with Crippen LogP contribution >= 0.6 is 0 Å². The first kappa shape index (κ1) is 18.4. The van der Waals surface area contributed by atoms with Gasteiger partial charge < -0.3 is 19.0 Å². The maximum atomic E-state index is 14.7. The summed E-state index contributed by atoms with van der Waals surface area (Å²) in [5.41, 5.74) is 0.515. The van der Waals surface area contributed by atoms with Gasteiger partial charge in [-0.25, -0.2) is 9.37 Å². The van der Waals surface area contributed by atoms with Crippen LogP contribution in [0.2, 0.25) is 0 Å². The molecule has 1 aromatic carbocycles. The van der Waals surface area contributed by atoms with Gasteiger partial charge in [-0.3, -0.25) is 0 Å². The van der Waals surface area contributed by atoms with Crippen molar-refractivity contribution in [2.45, 2.75) is 71.8 Å². The second-order valence-electron chi connectivity index (χ2n) is 8.07. The van der Waals surface area contributed by atoms with Gasteiger partial charge in [0.2, 0.25) is 0 Å². The molecule has 0 aliphatic carbocycles. The topological polar surface area (TPSA) is 56.5 Å². The molecule has 2 heterocycles. The Morgan fingerprint density at radius 1 is 1.12 bits per heavy atom. The van der Waals surface area contributed by atoms with Gasteiger partial charge >= 0.3 is 7.12 Å². The van der Waals surface area contributed by atoms with Crippen molar-refractivity contribution in [2.24, 2.45) is 0 Å². The fourth-order valence-corrected chi connectivity index (χ4v) is 3.14. The summed E-state index contributed by atoms with van der Waals surface area (Å²) in [6.07, 6.45) is -0.783. The molecule has 0 spiro atoms. The van der Waals surface area contributed by atoms with Gasteiger partial charge in [-0.05, 0) is 66.1 Å². The molecule has 7 heteroatoms. The molecule has 0 bridgehead atoms. The standard InChI is InChI=1S/C18H26BFN2O3/c1-10(2)22-14-9-12(19-24-17(4,5)18(6,7)25-19)8-13(20)15(14)21-16(22)11(3)23/h8-11,23H,1-7H3/t11-/m1/s1. The van der Waals surface area contributed by atoms with Crippen LogP contribution in [0.15, 0.2) is 12.1 Å². The molecule has 0 amide bonds. The Kier molecular flexibility index (Phi) is 4.25. The first-order chi connectivity index (χ1) is 11.4. The first-order valence-corrected chi connectivity index (χ1v) is 8.69. The number of benzene rings is 1. The normalized spacial score (nSPS) is 20.6. The van der Waals surface area contributed by atoms with Gasteiger partial charge in [-0.2, -0.15) is 0 Å². The van der Waals surface area contributed by atoms with Gasteiger partial charge in [0.15, 0.2) is 5.82 Å². The van der Waals surface area contributed by atoms with Crippen LogP contribution in [0.25, 0.3) is 11.0 Å². The lowest BCUT2D eigenvalue weighted by atomic mass is 9.79. The molecule has 0 radical (unpaired) electrons. The molecule has 1 fully saturated rings. The lowest BCUT2D eigenvalue weighted by Crippen LogP contribution is -2.41. The zero-order valence-corrected chi connectivity index (χ0v) is 15.9. The van der Waals surface area contributed by atoms with E-state index < -0.39 is 30.2 Å². The van der Waals surface area contributed by atoms with Gasteiger partial charge in [0.05, 0.1) is 16.7 Å². The van der Waals surface area contributed by atoms with Crippen LogP contribution in [-0.2, 0) is 9.31 Å². The second kappa shape index (κ2) is 5.79. The summed E-state index contributed by atoms with van der Waals surface area (Å²) in [5, 5.41) is 10.0. The lowest BCUT2D eigenvalue weighted by Gasteiger charge is -2.32. The van der Waals surface area contributed by atoms with E-state index in [1.165, 1.54) is 6.07 Å². The van der Waals surface area contributed by atoms with Crippen LogP contribution in [0, 0.1) is 5.82 Å². The first-order valence-electron chi connectivity index (χ1n) is 8.69. The number of aliphatic hydroxyl groups excluding tert-OH is 1. The molecule has 1 aromatic heterocycles. The molecular formula is C18H26BFN2O3. The minimum absolute atomic E-state index is 0.0301. The van der Waals surface area contributed by atoms with Crippen LogP contribution < -0.4 is 5.46 Å². The number of aliphatic hydroxyl groups is 1. The Labute approximate surface area is 148 Å². The van der Waals surface area contributed by atoms with Gasteiger partial charge in [0.25, 0.3) is 0 Å². The maximum absolute atomic E-state index is 14.7. The van der Waals surface area contributed by atoms with Crippen LogP contribution in [-0.4, -0.2) is 33.0 Å². The number of nitrogens with zero attached hydrogens (tertiary/aromatic N) is 2. The summed E-state index contributed by atoms with van der Waals surface area (Å²) in [5.74, 6) is 0.0125. The fraction of sp³-hybridized carbons (Fsp3) is 0.611. The van der Waals surface area contributed by atoms with E-state index >= 15 is 0 Å². The molecule has 0 unspecified atom stereocenters. The Morgan fingerprint density at radius 3 is 2.16 bits per heavy atom. The summed E-state index contributed by atoms with van der Waals surface area (Å²) in [7, 11) is -0.644. The summed E-state index contributed by atoms with van der Waals surface area (Å²) < 4.78 is 28.7. The molecule has 1 aliphatic heterocycles. The van der Waals surface area contributed by atoms with Gasteiger partial charge in [0, 0.05) is 6.04 Å². The van der Waals surface area contributed by atoms with Crippen molar-refractivity contribution in [3.05, 3.63) is 23.8 Å². The molecular weight excluding hydrogens is 322 g/mol. The number of imidazole rings is 1. The summed E-state index contributed by atoms with van der Waals surface area (Å²) >= 11 is 0. The molecule has 2 aromatic rings. The van der Waals surface area contributed by atoms with Crippen molar-refractivity contribution in [1.82, 2.24) is 9.55 Å². The maximum Gasteiger partial charge on any atom is 0.495 e. The Hall–Kier alpha value is -1.44. The molecule has 1 aliphatic rings. The number of halogens is 1. The number of fused-ring (bicyclic) bond motifs is 1. The molecule has 1 N–H and O–H groups in total. The van der Waals surface area contributed by atoms with Gasteiger partial charge in [-0.15, -0.1) is 0 Å². The molecule has 3 rings (SSSR count). The highest BCUT2D eigenvalue weighted by atomic mass is 19.1. The van der Waals surface area contributed by atoms with Crippen LogP contribution in [0.1, 0.15) is 66.4 Å². The number of hydrogen-bond acceptors (Lipinski definition) is 4. The molecule has 25 heavy (non-hydrogen) atoms. The van der Waals surface area contributed by atoms with E-state index in [-0.39, 0.29) is 11.6 Å². The van der Waals surface area contributed by atoms with Gasteiger partial charge in [-0.1, -0.05) is 0 Å². The predicted octanol–water partition coefficient (Wildman–Crippen LogP) is 3.11. The van der Waals surface area contributed by atoms with E-state index in [2.05, 4.69) is 4.98 Å². The summed E-state index contributed by atoms with van der Waals surface area (Å²) in [4.78, 5) is 4.31. The Balaban J connectivity index is 2.15. The second-order valence-corrected chi connectivity index (χ2v) is 8.07. The minimum Gasteiger partial charge on any atom is -0.399 e. The van der Waals surface area contributed by atoms with E-state index in [0.717, 1.165) is 0 Å². The predicted molar refractivity (Wildman–Crippen MR) is 96.4 cm³/mol.